The summed E-state index contributed by atoms with van der Waals surface area (Å²) in [7, 11) is 0. The van der Waals surface area contributed by atoms with Crippen molar-refractivity contribution in [2.24, 2.45) is 5.73 Å². The van der Waals surface area contributed by atoms with Crippen LogP contribution in [0.3, 0.4) is 0 Å². The molecule has 1 aromatic rings. The fourth-order valence-corrected chi connectivity index (χ4v) is 1.67. The number of hydrogen-bond donors (Lipinski definition) is 2. The van der Waals surface area contributed by atoms with Crippen molar-refractivity contribution in [2.75, 3.05) is 6.26 Å². The Morgan fingerprint density at radius 3 is 3.09 bits per heavy atom. The van der Waals surface area contributed by atoms with Crippen molar-refractivity contribution in [1.82, 2.24) is 4.98 Å². The molecule has 5 heteroatoms. The molecule has 0 aliphatic rings. The van der Waals surface area contributed by atoms with Crippen LogP contribution in [0.15, 0.2) is 5.38 Å². The Bertz CT molecular complexity index is 256. The first-order valence-electron chi connectivity index (χ1n) is 3.05. The summed E-state index contributed by atoms with van der Waals surface area (Å²) in [6, 6.07) is 0. The Balaban J connectivity index is 2.80. The lowest BCUT2D eigenvalue weighted by atomic mass is 10.5. The number of nitrogens with two attached hydrogens (primary N) is 1. The van der Waals surface area contributed by atoms with E-state index in [-0.39, 0.29) is 0 Å². The molecule has 60 valence electrons. The van der Waals surface area contributed by atoms with Gasteiger partial charge in [-0.05, 0) is 6.26 Å². The number of nitrogens with zero attached hydrogens (tertiary/aromatic N) is 1. The Morgan fingerprint density at radius 2 is 2.64 bits per heavy atom. The maximum atomic E-state index is 7.43. The molecule has 0 radical (unpaired) electrons. The van der Waals surface area contributed by atoms with Gasteiger partial charge in [0.2, 0.25) is 0 Å². The standard InChI is InChI=1S/C6H9N3S2/c1-10-6(8)4-3-11-5(2-7)9-4/h3,8H,2,7H2,1H3. The highest BCUT2D eigenvalue weighted by Gasteiger charge is 2.03. The zero-order valence-electron chi connectivity index (χ0n) is 6.13. The molecule has 1 heterocycles. The van der Waals surface area contributed by atoms with Gasteiger partial charge in [-0.1, -0.05) is 0 Å². The van der Waals surface area contributed by atoms with E-state index in [2.05, 4.69) is 4.98 Å². The average molecular weight is 187 g/mol. The van der Waals surface area contributed by atoms with Crippen LogP contribution in [-0.2, 0) is 6.54 Å². The predicted octanol–water partition coefficient (Wildman–Crippen LogP) is 1.29. The summed E-state index contributed by atoms with van der Waals surface area (Å²) in [6.45, 7) is 0.465. The number of thioether (sulfide) groups is 1. The highest BCUT2D eigenvalue weighted by molar-refractivity contribution is 8.13. The Hall–Kier alpha value is -0.390. The highest BCUT2D eigenvalue weighted by Crippen LogP contribution is 2.13. The zero-order valence-corrected chi connectivity index (χ0v) is 7.76. The van der Waals surface area contributed by atoms with Gasteiger partial charge in [0.15, 0.2) is 0 Å². The van der Waals surface area contributed by atoms with Gasteiger partial charge in [0.25, 0.3) is 0 Å². The van der Waals surface area contributed by atoms with Crippen LogP contribution >= 0.6 is 23.1 Å². The van der Waals surface area contributed by atoms with Gasteiger partial charge in [-0.25, -0.2) is 4.98 Å². The molecule has 0 aliphatic heterocycles. The van der Waals surface area contributed by atoms with Crippen LogP contribution in [0.5, 0.6) is 0 Å². The third-order valence-electron chi connectivity index (χ3n) is 1.16. The molecule has 0 spiro atoms. The molecular formula is C6H9N3S2. The maximum absolute atomic E-state index is 7.43. The average Bonchev–Trinajstić information content (AvgIpc) is 2.50. The van der Waals surface area contributed by atoms with E-state index in [4.69, 9.17) is 11.1 Å². The van der Waals surface area contributed by atoms with E-state index in [9.17, 15) is 0 Å². The fraction of sp³-hybridized carbons (Fsp3) is 0.333. The van der Waals surface area contributed by atoms with Crippen LogP contribution in [0, 0.1) is 5.41 Å². The minimum Gasteiger partial charge on any atom is -0.325 e. The molecule has 0 aromatic carbocycles. The molecule has 1 aromatic heterocycles. The van der Waals surface area contributed by atoms with Gasteiger partial charge in [0.05, 0.1) is 0 Å². The summed E-state index contributed by atoms with van der Waals surface area (Å²) < 4.78 is 0. The number of aromatic nitrogens is 1. The van der Waals surface area contributed by atoms with E-state index in [0.717, 1.165) is 10.7 Å². The molecule has 1 rings (SSSR count). The molecule has 0 aliphatic carbocycles. The predicted molar refractivity (Wildman–Crippen MR) is 50.3 cm³/mol. The molecule has 0 atom stereocenters. The van der Waals surface area contributed by atoms with E-state index in [1.807, 2.05) is 11.6 Å². The second-order valence-electron chi connectivity index (χ2n) is 1.86. The second-order valence-corrected chi connectivity index (χ2v) is 3.62. The van der Waals surface area contributed by atoms with Gasteiger partial charge >= 0.3 is 0 Å². The van der Waals surface area contributed by atoms with Crippen LogP contribution in [0.25, 0.3) is 0 Å². The summed E-state index contributed by atoms with van der Waals surface area (Å²) in [6.07, 6.45) is 1.86. The van der Waals surface area contributed by atoms with Crippen molar-refractivity contribution in [1.29, 1.82) is 5.41 Å². The Morgan fingerprint density at radius 1 is 1.91 bits per heavy atom. The summed E-state index contributed by atoms with van der Waals surface area (Å²) in [5.41, 5.74) is 6.11. The molecule has 0 amide bonds. The van der Waals surface area contributed by atoms with Crippen LogP contribution < -0.4 is 5.73 Å². The van der Waals surface area contributed by atoms with Crippen molar-refractivity contribution < 1.29 is 0 Å². The SMILES string of the molecule is CSC(=N)c1csc(CN)n1. The minimum absolute atomic E-state index is 0.465. The summed E-state index contributed by atoms with van der Waals surface area (Å²) in [4.78, 5) is 4.15. The number of rotatable bonds is 2. The number of thiazole rings is 1. The summed E-state index contributed by atoms with van der Waals surface area (Å²) in [5, 5.41) is 10.7. The van der Waals surface area contributed by atoms with Gasteiger partial charge in [-0.3, -0.25) is 5.41 Å². The van der Waals surface area contributed by atoms with E-state index in [1.54, 1.807) is 0 Å². The van der Waals surface area contributed by atoms with Crippen molar-refractivity contribution in [2.45, 2.75) is 6.54 Å². The molecule has 3 nitrogen and oxygen atoms in total. The summed E-state index contributed by atoms with van der Waals surface area (Å²) >= 11 is 2.89. The van der Waals surface area contributed by atoms with Gasteiger partial charge < -0.3 is 5.73 Å². The Labute approximate surface area is 73.5 Å². The van der Waals surface area contributed by atoms with E-state index in [1.165, 1.54) is 23.1 Å². The number of hydrogen-bond acceptors (Lipinski definition) is 5. The normalized spacial score (nSPS) is 10.0. The van der Waals surface area contributed by atoms with Crippen LogP contribution in [0.1, 0.15) is 10.7 Å². The molecule has 0 saturated heterocycles. The smallest absolute Gasteiger partial charge is 0.114 e. The van der Waals surface area contributed by atoms with Crippen molar-refractivity contribution >= 4 is 28.1 Å². The van der Waals surface area contributed by atoms with Crippen molar-refractivity contribution in [3.63, 3.8) is 0 Å². The maximum Gasteiger partial charge on any atom is 0.114 e. The van der Waals surface area contributed by atoms with E-state index in [0.29, 0.717) is 11.6 Å². The third kappa shape index (κ3) is 2.02. The number of nitrogens with one attached hydrogen (secondary N) is 1. The molecule has 11 heavy (non-hydrogen) atoms. The highest BCUT2D eigenvalue weighted by atomic mass is 32.2. The van der Waals surface area contributed by atoms with E-state index < -0.39 is 0 Å². The lowest BCUT2D eigenvalue weighted by Crippen LogP contribution is -1.97. The molecule has 0 unspecified atom stereocenters. The minimum atomic E-state index is 0.465. The first-order chi connectivity index (χ1) is 5.27. The van der Waals surface area contributed by atoms with Gasteiger partial charge in [-0.15, -0.1) is 23.1 Å². The fourth-order valence-electron chi connectivity index (χ4n) is 0.614. The van der Waals surface area contributed by atoms with Crippen molar-refractivity contribution in [3.8, 4) is 0 Å². The van der Waals surface area contributed by atoms with Gasteiger partial charge in [0, 0.05) is 11.9 Å². The van der Waals surface area contributed by atoms with Crippen LogP contribution in [0.2, 0.25) is 0 Å². The lowest BCUT2D eigenvalue weighted by molar-refractivity contribution is 1.03. The lowest BCUT2D eigenvalue weighted by Gasteiger charge is -1.91. The molecule has 0 bridgehead atoms. The molecular weight excluding hydrogens is 178 g/mol. The van der Waals surface area contributed by atoms with Gasteiger partial charge in [0.1, 0.15) is 15.7 Å². The van der Waals surface area contributed by atoms with Crippen molar-refractivity contribution in [3.05, 3.63) is 16.1 Å². The molecule has 3 N–H and O–H groups in total. The first kappa shape index (κ1) is 8.70. The van der Waals surface area contributed by atoms with Crippen LogP contribution in [-0.4, -0.2) is 16.3 Å². The first-order valence-corrected chi connectivity index (χ1v) is 5.15. The third-order valence-corrected chi connectivity index (χ3v) is 2.65. The second kappa shape index (κ2) is 3.85. The van der Waals surface area contributed by atoms with Crippen LogP contribution in [0.4, 0.5) is 0 Å². The summed E-state index contributed by atoms with van der Waals surface area (Å²) in [5.74, 6) is 0. The molecule has 0 fully saturated rings. The van der Waals surface area contributed by atoms with Gasteiger partial charge in [-0.2, -0.15) is 0 Å². The topological polar surface area (TPSA) is 62.8 Å². The largest absolute Gasteiger partial charge is 0.325 e. The van der Waals surface area contributed by atoms with E-state index >= 15 is 0 Å². The zero-order chi connectivity index (χ0) is 8.27. The molecule has 0 saturated carbocycles. The Kier molecular flexibility index (Phi) is 3.04. The monoisotopic (exact) mass is 187 g/mol. The quantitative estimate of drug-likeness (QED) is 0.541.